The summed E-state index contributed by atoms with van der Waals surface area (Å²) >= 11 is 1.68. The molecule has 0 saturated heterocycles. The molecule has 1 atom stereocenters. The zero-order valence-electron chi connectivity index (χ0n) is 15.5. The molecule has 8 nitrogen and oxygen atoms in total. The van der Waals surface area contributed by atoms with Crippen molar-refractivity contribution in [3.8, 4) is 0 Å². The molecule has 1 heterocycles. The van der Waals surface area contributed by atoms with E-state index >= 15 is 0 Å². The number of carbonyl (C=O) groups is 2. The highest BCUT2D eigenvalue weighted by molar-refractivity contribution is 7.98. The molecular formula is C18H25N5O3S. The van der Waals surface area contributed by atoms with Gasteiger partial charge in [0, 0.05) is 23.4 Å². The van der Waals surface area contributed by atoms with Gasteiger partial charge < -0.3 is 5.32 Å². The summed E-state index contributed by atoms with van der Waals surface area (Å²) in [4.78, 5) is 25.0. The van der Waals surface area contributed by atoms with E-state index in [1.165, 1.54) is 0 Å². The molecule has 1 aromatic carbocycles. The van der Waals surface area contributed by atoms with Gasteiger partial charge in [-0.1, -0.05) is 37.3 Å². The molecule has 27 heavy (non-hydrogen) atoms. The minimum absolute atomic E-state index is 0.151. The van der Waals surface area contributed by atoms with Crippen molar-refractivity contribution in [1.29, 1.82) is 0 Å². The van der Waals surface area contributed by atoms with Gasteiger partial charge >= 0.3 is 0 Å². The first-order valence-corrected chi connectivity index (χ1v) is 9.76. The van der Waals surface area contributed by atoms with E-state index in [2.05, 4.69) is 15.6 Å². The van der Waals surface area contributed by atoms with Crippen molar-refractivity contribution >= 4 is 23.6 Å². The van der Waals surface area contributed by atoms with Crippen LogP contribution >= 0.6 is 11.8 Å². The molecule has 146 valence electrons. The van der Waals surface area contributed by atoms with E-state index in [0.717, 1.165) is 10.6 Å². The Hall–Kier alpha value is -2.39. The van der Waals surface area contributed by atoms with Gasteiger partial charge in [-0.2, -0.15) is 0 Å². The number of rotatable bonds is 10. The number of amides is 2. The molecule has 0 aliphatic heterocycles. The number of aromatic nitrogens is 3. The third kappa shape index (κ3) is 7.03. The van der Waals surface area contributed by atoms with Crippen LogP contribution in [0.4, 0.5) is 0 Å². The van der Waals surface area contributed by atoms with Crippen LogP contribution in [-0.2, 0) is 21.9 Å². The Labute approximate surface area is 162 Å². The average Bonchev–Trinajstić information content (AvgIpc) is 3.12. The first-order valence-electron chi connectivity index (χ1n) is 8.78. The second-order valence-corrected chi connectivity index (χ2v) is 7.57. The van der Waals surface area contributed by atoms with Crippen molar-refractivity contribution in [1.82, 2.24) is 25.8 Å². The molecular weight excluding hydrogens is 366 g/mol. The van der Waals surface area contributed by atoms with Crippen LogP contribution in [0, 0.1) is 11.8 Å². The predicted octanol–water partition coefficient (Wildman–Crippen LogP) is 1.85. The standard InChI is InChI=1S/C18H25N5O3S/c1-13(2)10-16(18(25)21-26)17(24)19-8-9-23-11-14(20-22-23)12-27-15-6-4-3-5-7-15/h3-7,11,13,16,26H,8-10,12H2,1-2H3,(H,19,24)(H,21,25). The van der Waals surface area contributed by atoms with Crippen LogP contribution in [0.5, 0.6) is 0 Å². The summed E-state index contributed by atoms with van der Waals surface area (Å²) in [6.07, 6.45) is 2.20. The third-order valence-corrected chi connectivity index (χ3v) is 4.85. The number of nitrogens with one attached hydrogen (secondary N) is 2. The summed E-state index contributed by atoms with van der Waals surface area (Å²) < 4.78 is 1.66. The van der Waals surface area contributed by atoms with Crippen molar-refractivity contribution in [2.75, 3.05) is 6.54 Å². The van der Waals surface area contributed by atoms with E-state index < -0.39 is 17.7 Å². The highest BCUT2D eigenvalue weighted by atomic mass is 32.2. The lowest BCUT2D eigenvalue weighted by atomic mass is 9.95. The molecule has 0 aliphatic rings. The summed E-state index contributed by atoms with van der Waals surface area (Å²) in [5.41, 5.74) is 2.41. The Morgan fingerprint density at radius 3 is 2.63 bits per heavy atom. The number of benzene rings is 1. The number of thioether (sulfide) groups is 1. The zero-order valence-corrected chi connectivity index (χ0v) is 16.3. The largest absolute Gasteiger partial charge is 0.354 e. The van der Waals surface area contributed by atoms with Crippen LogP contribution in [0.1, 0.15) is 26.0 Å². The number of hydrogen-bond acceptors (Lipinski definition) is 6. The number of nitrogens with zero attached hydrogens (tertiary/aromatic N) is 3. The Balaban J connectivity index is 1.78. The molecule has 0 spiro atoms. The van der Waals surface area contributed by atoms with Crippen LogP contribution in [0.25, 0.3) is 0 Å². The summed E-state index contributed by atoms with van der Waals surface area (Å²) in [7, 11) is 0. The van der Waals surface area contributed by atoms with Crippen LogP contribution in [0.2, 0.25) is 0 Å². The highest BCUT2D eigenvalue weighted by Gasteiger charge is 2.26. The molecule has 9 heteroatoms. The van der Waals surface area contributed by atoms with Crippen molar-refractivity contribution < 1.29 is 14.8 Å². The monoisotopic (exact) mass is 391 g/mol. The smallest absolute Gasteiger partial charge is 0.255 e. The highest BCUT2D eigenvalue weighted by Crippen LogP contribution is 2.20. The van der Waals surface area contributed by atoms with Crippen LogP contribution < -0.4 is 10.8 Å². The van der Waals surface area contributed by atoms with Gasteiger partial charge in [-0.15, -0.1) is 16.9 Å². The van der Waals surface area contributed by atoms with Gasteiger partial charge in [0.15, 0.2) is 0 Å². The predicted molar refractivity (Wildman–Crippen MR) is 102 cm³/mol. The Morgan fingerprint density at radius 2 is 1.96 bits per heavy atom. The van der Waals surface area contributed by atoms with Crippen molar-refractivity contribution in [3.05, 3.63) is 42.2 Å². The maximum Gasteiger partial charge on any atom is 0.255 e. The lowest BCUT2D eigenvalue weighted by Crippen LogP contribution is -2.42. The van der Waals surface area contributed by atoms with Crippen LogP contribution in [0.15, 0.2) is 41.4 Å². The van der Waals surface area contributed by atoms with E-state index in [9.17, 15) is 9.59 Å². The van der Waals surface area contributed by atoms with Gasteiger partial charge in [0.1, 0.15) is 5.92 Å². The molecule has 0 radical (unpaired) electrons. The minimum atomic E-state index is -0.913. The molecule has 2 rings (SSSR count). The fourth-order valence-electron chi connectivity index (χ4n) is 2.49. The Morgan fingerprint density at radius 1 is 1.22 bits per heavy atom. The second kappa shape index (κ2) is 10.7. The molecule has 0 saturated carbocycles. The maximum absolute atomic E-state index is 12.2. The molecule has 1 aromatic heterocycles. The van der Waals surface area contributed by atoms with Crippen molar-refractivity contribution in [2.24, 2.45) is 11.8 Å². The molecule has 2 amide bonds. The second-order valence-electron chi connectivity index (χ2n) is 6.52. The summed E-state index contributed by atoms with van der Waals surface area (Å²) in [6, 6.07) is 10.0. The Bertz CT molecular complexity index is 736. The van der Waals surface area contributed by atoms with Gasteiger partial charge in [0.2, 0.25) is 5.91 Å². The fourth-order valence-corrected chi connectivity index (χ4v) is 3.28. The first-order chi connectivity index (χ1) is 13.0. The van der Waals surface area contributed by atoms with E-state index in [4.69, 9.17) is 5.21 Å². The summed E-state index contributed by atoms with van der Waals surface area (Å²) in [5, 5.41) is 19.7. The molecule has 3 N–H and O–H groups in total. The lowest BCUT2D eigenvalue weighted by Gasteiger charge is -2.16. The van der Waals surface area contributed by atoms with Crippen molar-refractivity contribution in [3.63, 3.8) is 0 Å². The Kier molecular flexibility index (Phi) is 8.28. The van der Waals surface area contributed by atoms with E-state index in [0.29, 0.717) is 25.3 Å². The van der Waals surface area contributed by atoms with E-state index in [1.807, 2.05) is 50.4 Å². The fraction of sp³-hybridized carbons (Fsp3) is 0.444. The molecule has 2 aromatic rings. The number of carbonyl (C=O) groups excluding carboxylic acids is 2. The van der Waals surface area contributed by atoms with Gasteiger partial charge in [-0.3, -0.25) is 19.5 Å². The number of hydrogen-bond donors (Lipinski definition) is 3. The molecule has 0 fully saturated rings. The van der Waals surface area contributed by atoms with Gasteiger partial charge in [-0.05, 0) is 24.5 Å². The third-order valence-electron chi connectivity index (χ3n) is 3.81. The molecule has 0 bridgehead atoms. The number of hydroxylamine groups is 1. The maximum atomic E-state index is 12.2. The van der Waals surface area contributed by atoms with Gasteiger partial charge in [0.05, 0.1) is 12.2 Å². The SMILES string of the molecule is CC(C)CC(C(=O)NO)C(=O)NCCn1cc(CSc2ccccc2)nn1. The summed E-state index contributed by atoms with van der Waals surface area (Å²) in [5.74, 6) is -1.15. The lowest BCUT2D eigenvalue weighted by molar-refractivity contribution is -0.141. The average molecular weight is 391 g/mol. The molecule has 1 unspecified atom stereocenters. The molecule has 0 aliphatic carbocycles. The van der Waals surface area contributed by atoms with Crippen molar-refractivity contribution in [2.45, 2.75) is 37.5 Å². The quantitative estimate of drug-likeness (QED) is 0.247. The van der Waals surface area contributed by atoms with Gasteiger partial charge in [-0.25, -0.2) is 5.48 Å². The van der Waals surface area contributed by atoms with E-state index in [-0.39, 0.29) is 5.92 Å². The van der Waals surface area contributed by atoms with Crippen LogP contribution in [-0.4, -0.2) is 38.6 Å². The van der Waals surface area contributed by atoms with Crippen LogP contribution in [0.3, 0.4) is 0 Å². The summed E-state index contributed by atoms with van der Waals surface area (Å²) in [6.45, 7) is 4.59. The minimum Gasteiger partial charge on any atom is -0.354 e. The van der Waals surface area contributed by atoms with Gasteiger partial charge in [0.25, 0.3) is 5.91 Å². The zero-order chi connectivity index (χ0) is 19.6. The van der Waals surface area contributed by atoms with E-state index in [1.54, 1.807) is 21.9 Å². The topological polar surface area (TPSA) is 109 Å². The first kappa shape index (κ1) is 20.9. The normalized spacial score (nSPS) is 12.0.